The van der Waals surface area contributed by atoms with Crippen molar-refractivity contribution in [1.29, 1.82) is 0 Å². The van der Waals surface area contributed by atoms with Crippen LogP contribution in [0, 0.1) is 0 Å². The van der Waals surface area contributed by atoms with E-state index in [1.807, 2.05) is 0 Å². The lowest BCUT2D eigenvalue weighted by Crippen LogP contribution is -2.66. The molecule has 1 spiro atoms. The van der Waals surface area contributed by atoms with Crippen LogP contribution in [0.4, 0.5) is 0 Å². The fourth-order valence-corrected chi connectivity index (χ4v) is 11.7. The first-order valence-electron chi connectivity index (χ1n) is 20.9. The number of aromatic nitrogens is 1. The Kier molecular flexibility index (Phi) is 6.39. The van der Waals surface area contributed by atoms with E-state index in [9.17, 15) is 0 Å². The summed E-state index contributed by atoms with van der Waals surface area (Å²) in [6.45, 7) is -0.249. The zero-order valence-corrected chi connectivity index (χ0v) is 32.5. The number of rotatable bonds is 2. The summed E-state index contributed by atoms with van der Waals surface area (Å²) >= 11 is 0. The van der Waals surface area contributed by atoms with E-state index in [0.717, 1.165) is 45.1 Å². The van der Waals surface area contributed by atoms with Gasteiger partial charge in [0.25, 0.3) is 6.71 Å². The van der Waals surface area contributed by atoms with Crippen molar-refractivity contribution in [2.24, 2.45) is 0 Å². The van der Waals surface area contributed by atoms with E-state index in [1.165, 1.54) is 71.6 Å². The highest BCUT2D eigenvalue weighted by Gasteiger charge is 2.56. The Bertz CT molecular complexity index is 3380. The molecule has 0 saturated carbocycles. The summed E-state index contributed by atoms with van der Waals surface area (Å²) in [4.78, 5) is 0. The summed E-state index contributed by atoms with van der Waals surface area (Å²) in [5.74, 6) is 3.54. The molecule has 0 atom stereocenters. The highest BCUT2D eigenvalue weighted by molar-refractivity contribution is 7.01. The van der Waals surface area contributed by atoms with Crippen molar-refractivity contribution in [1.82, 2.24) is 4.57 Å². The van der Waals surface area contributed by atoms with Gasteiger partial charge >= 0.3 is 0 Å². The number of hydrogen-bond acceptors (Lipinski definition) is 2. The Morgan fingerprint density at radius 3 is 1.52 bits per heavy atom. The van der Waals surface area contributed by atoms with Crippen molar-refractivity contribution in [3.8, 4) is 39.8 Å². The molecule has 10 aromatic rings. The quantitative estimate of drug-likeness (QED) is 0.165. The third-order valence-corrected chi connectivity index (χ3v) is 13.9. The molecule has 60 heavy (non-hydrogen) atoms. The second kappa shape index (κ2) is 11.8. The largest absolute Gasteiger partial charge is 0.459 e. The summed E-state index contributed by atoms with van der Waals surface area (Å²) in [5, 5.41) is 2.49. The molecule has 0 amide bonds. The van der Waals surface area contributed by atoms with Crippen LogP contribution < -0.4 is 42.3 Å². The van der Waals surface area contributed by atoms with Gasteiger partial charge in [0.1, 0.15) is 23.0 Å². The first kappa shape index (κ1) is 32.5. The summed E-state index contributed by atoms with van der Waals surface area (Å²) in [6.07, 6.45) is 0. The molecule has 4 heterocycles. The Morgan fingerprint density at radius 1 is 0.367 bits per heavy atom. The smallest absolute Gasteiger partial charge is 0.260 e. The van der Waals surface area contributed by atoms with E-state index >= 15 is 0 Å². The maximum absolute atomic E-state index is 7.47. The maximum atomic E-state index is 7.47. The molecule has 276 valence electrons. The van der Waals surface area contributed by atoms with E-state index in [1.54, 1.807) is 0 Å². The molecule has 4 aliphatic rings. The Morgan fingerprint density at radius 2 is 0.850 bits per heavy atom. The molecule has 0 bridgehead atoms. The molecule has 1 aliphatic carbocycles. The number of fused-ring (bicyclic) bond motifs is 17. The zero-order chi connectivity index (χ0) is 39.1. The molecule has 0 saturated heterocycles. The first-order valence-corrected chi connectivity index (χ1v) is 20.9. The highest BCUT2D eigenvalue weighted by atomic mass is 16.5. The molecule has 9 aromatic carbocycles. The number of benzene rings is 9. The molecule has 14 rings (SSSR count). The predicted molar refractivity (Wildman–Crippen MR) is 247 cm³/mol. The summed E-state index contributed by atoms with van der Waals surface area (Å²) in [6, 6.07) is 73.5. The van der Waals surface area contributed by atoms with Crippen LogP contribution in [0.5, 0.6) is 23.0 Å². The van der Waals surface area contributed by atoms with Crippen molar-refractivity contribution < 1.29 is 9.47 Å². The lowest BCUT2D eigenvalue weighted by Gasteiger charge is -2.45. The average Bonchev–Trinajstić information content (AvgIpc) is 3.80. The van der Waals surface area contributed by atoms with Gasteiger partial charge in [0.05, 0.1) is 16.4 Å². The molecule has 5 heteroatoms. The minimum atomic E-state index is -0.640. The third kappa shape index (κ3) is 3.97. The average molecular weight is 761 g/mol. The summed E-state index contributed by atoms with van der Waals surface area (Å²) in [7, 11) is 0. The van der Waals surface area contributed by atoms with Crippen LogP contribution in [-0.4, -0.2) is 18.0 Å². The van der Waals surface area contributed by atoms with Crippen LogP contribution >= 0.6 is 0 Å². The van der Waals surface area contributed by atoms with E-state index < -0.39 is 5.41 Å². The van der Waals surface area contributed by atoms with Gasteiger partial charge in [0.2, 0.25) is 6.71 Å². The van der Waals surface area contributed by atoms with Gasteiger partial charge in [-0.3, -0.25) is 0 Å². The van der Waals surface area contributed by atoms with E-state index in [4.69, 9.17) is 9.47 Å². The molecule has 3 nitrogen and oxygen atoms in total. The van der Waals surface area contributed by atoms with E-state index in [2.05, 4.69) is 205 Å². The minimum Gasteiger partial charge on any atom is -0.459 e. The first-order chi connectivity index (χ1) is 29.8. The van der Waals surface area contributed by atoms with Gasteiger partial charge in [0, 0.05) is 21.9 Å². The van der Waals surface area contributed by atoms with Crippen molar-refractivity contribution >= 4 is 68.0 Å². The van der Waals surface area contributed by atoms with Crippen LogP contribution in [0.1, 0.15) is 22.3 Å². The van der Waals surface area contributed by atoms with Crippen LogP contribution in [0.3, 0.4) is 0 Å². The highest BCUT2D eigenvalue weighted by Crippen LogP contribution is 2.57. The summed E-state index contributed by atoms with van der Waals surface area (Å²) in [5.41, 5.74) is 17.6. The number of para-hydroxylation sites is 5. The fourth-order valence-electron chi connectivity index (χ4n) is 11.7. The molecule has 0 N–H and O–H groups in total. The third-order valence-electron chi connectivity index (χ3n) is 13.9. The lowest BCUT2D eigenvalue weighted by molar-refractivity contribution is 0.464. The predicted octanol–water partition coefficient (Wildman–Crippen LogP) is 8.70. The van der Waals surface area contributed by atoms with E-state index in [-0.39, 0.29) is 13.4 Å². The molecule has 0 unspecified atom stereocenters. The lowest BCUT2D eigenvalue weighted by atomic mass is 9.28. The van der Waals surface area contributed by atoms with Crippen LogP contribution in [-0.2, 0) is 5.41 Å². The van der Waals surface area contributed by atoms with Crippen molar-refractivity contribution in [2.45, 2.75) is 5.41 Å². The molecule has 0 fully saturated rings. The van der Waals surface area contributed by atoms with Crippen LogP contribution in [0.2, 0.25) is 0 Å². The molecule has 3 aliphatic heterocycles. The number of ether oxygens (including phenoxy) is 2. The normalized spacial score (nSPS) is 14.3. The SMILES string of the molecule is c1ccc2c(c1)Oc1cc3c(c4c1B2c1ccccc1O4)B(c1ccccc1-n1c2ccccc2c2ccccc21)c1ccccc1C31c2ccccc2-c2ccccc21. The van der Waals surface area contributed by atoms with Gasteiger partial charge in [-0.2, -0.15) is 0 Å². The monoisotopic (exact) mass is 761 g/mol. The van der Waals surface area contributed by atoms with Crippen molar-refractivity contribution in [3.05, 3.63) is 222 Å². The van der Waals surface area contributed by atoms with Gasteiger partial charge in [-0.1, -0.05) is 169 Å². The standard InChI is InChI=1S/C55H33B2NO2/c1-5-21-38-34(17-1)35-18-2-6-22-39(35)55(38)40-23-7-8-24-42(40)56(43-25-9-14-30-48(43)58-46-28-12-3-19-36(46)37-20-4-13-29-47(37)58)52-41(55)33-51-53-54(52)60-50-32-16-11-27-45(50)57(53)44-26-10-15-31-49(44)59-51/h1-33H. The van der Waals surface area contributed by atoms with Gasteiger partial charge in [0.15, 0.2) is 0 Å². The molecular formula is C55H33B2NO2. The van der Waals surface area contributed by atoms with Gasteiger partial charge in [-0.05, 0) is 91.6 Å². The van der Waals surface area contributed by atoms with Crippen LogP contribution in [0.15, 0.2) is 200 Å². The molecule has 1 aromatic heterocycles. The Labute approximate surface area is 348 Å². The maximum Gasteiger partial charge on any atom is 0.260 e. The van der Waals surface area contributed by atoms with Gasteiger partial charge in [-0.15, -0.1) is 0 Å². The topological polar surface area (TPSA) is 23.4 Å². The van der Waals surface area contributed by atoms with Gasteiger partial charge in [-0.25, -0.2) is 0 Å². The Hall–Kier alpha value is -7.49. The van der Waals surface area contributed by atoms with Crippen LogP contribution in [0.25, 0.3) is 38.6 Å². The number of hydrogen-bond donors (Lipinski definition) is 0. The van der Waals surface area contributed by atoms with E-state index in [0.29, 0.717) is 0 Å². The van der Waals surface area contributed by atoms with Crippen molar-refractivity contribution in [2.75, 3.05) is 0 Å². The number of nitrogens with zero attached hydrogens (tertiary/aromatic N) is 1. The zero-order valence-electron chi connectivity index (χ0n) is 32.5. The Balaban J connectivity index is 1.17. The van der Waals surface area contributed by atoms with Gasteiger partial charge < -0.3 is 14.0 Å². The molecular weight excluding hydrogens is 728 g/mol. The molecule has 0 radical (unpaired) electrons. The minimum absolute atomic E-state index is 0.0558. The second-order valence-corrected chi connectivity index (χ2v) is 16.6. The second-order valence-electron chi connectivity index (χ2n) is 16.6. The van der Waals surface area contributed by atoms with Crippen molar-refractivity contribution in [3.63, 3.8) is 0 Å². The fraction of sp³-hybridized carbons (Fsp3) is 0.0182. The summed E-state index contributed by atoms with van der Waals surface area (Å²) < 4.78 is 17.1.